The van der Waals surface area contributed by atoms with E-state index in [1.807, 2.05) is 54.6 Å². The molecule has 3 aromatic carbocycles. The number of nitro groups is 1. The number of nitrogens with zero attached hydrogens (tertiary/aromatic N) is 2. The molecule has 2 aliphatic heterocycles. The number of rotatable bonds is 6. The molecule has 0 unspecified atom stereocenters. The SMILES string of the molecule is O=C1Nc2ccc([N+](=O)[O-])cc2C1=C(Nc1ccc(CN2CCC(O)CC2)cc1)c1ccccc1. The van der Waals surface area contributed by atoms with Crippen LogP contribution in [0.25, 0.3) is 11.3 Å². The van der Waals surface area contributed by atoms with Crippen LogP contribution in [0, 0.1) is 10.1 Å². The van der Waals surface area contributed by atoms with E-state index in [2.05, 4.69) is 15.5 Å². The predicted octanol–water partition coefficient (Wildman–Crippen LogP) is 4.48. The summed E-state index contributed by atoms with van der Waals surface area (Å²) in [6.07, 6.45) is 1.41. The lowest BCUT2D eigenvalue weighted by molar-refractivity contribution is -0.384. The van der Waals surface area contributed by atoms with Gasteiger partial charge in [-0.1, -0.05) is 42.5 Å². The highest BCUT2D eigenvalue weighted by atomic mass is 16.6. The third kappa shape index (κ3) is 4.94. The monoisotopic (exact) mass is 470 g/mol. The van der Waals surface area contributed by atoms with E-state index in [0.29, 0.717) is 22.5 Å². The van der Waals surface area contributed by atoms with Gasteiger partial charge in [0.2, 0.25) is 0 Å². The zero-order valence-electron chi connectivity index (χ0n) is 19.1. The molecule has 0 aliphatic carbocycles. The quantitative estimate of drug-likeness (QED) is 0.278. The summed E-state index contributed by atoms with van der Waals surface area (Å²) in [7, 11) is 0. The van der Waals surface area contributed by atoms with Crippen LogP contribution in [0.2, 0.25) is 0 Å². The lowest BCUT2D eigenvalue weighted by Crippen LogP contribution is -2.35. The number of nitro benzene ring substituents is 1. The number of carbonyl (C=O) groups excluding carboxylic acids is 1. The van der Waals surface area contributed by atoms with Gasteiger partial charge in [0, 0.05) is 48.7 Å². The number of aliphatic hydroxyl groups is 1. The Hall–Kier alpha value is -4.01. The number of carbonyl (C=O) groups is 1. The minimum absolute atomic E-state index is 0.0697. The highest BCUT2D eigenvalue weighted by molar-refractivity contribution is 6.37. The average molecular weight is 471 g/mol. The molecule has 1 saturated heterocycles. The van der Waals surface area contributed by atoms with Gasteiger partial charge in [0.25, 0.3) is 11.6 Å². The standard InChI is InChI=1S/C27H26N4O4/c32-22-12-14-30(15-13-22)17-18-6-8-20(9-7-18)28-26(19-4-2-1-3-5-19)25-23-16-21(31(34)35)10-11-24(23)29-27(25)33/h1-11,16,22,28,32H,12-15,17H2,(H,29,33). The van der Waals surface area contributed by atoms with Gasteiger partial charge in [0.05, 0.1) is 22.3 Å². The maximum absolute atomic E-state index is 13.0. The molecule has 35 heavy (non-hydrogen) atoms. The molecular weight excluding hydrogens is 444 g/mol. The number of likely N-dealkylation sites (tertiary alicyclic amines) is 1. The molecule has 5 rings (SSSR count). The Morgan fingerprint density at radius 1 is 1.06 bits per heavy atom. The van der Waals surface area contributed by atoms with Gasteiger partial charge in [0.15, 0.2) is 0 Å². The fraction of sp³-hybridized carbons (Fsp3) is 0.222. The molecule has 2 heterocycles. The second kappa shape index (κ2) is 9.69. The summed E-state index contributed by atoms with van der Waals surface area (Å²) in [5.74, 6) is -0.309. The van der Waals surface area contributed by atoms with Crippen molar-refractivity contribution in [3.63, 3.8) is 0 Å². The smallest absolute Gasteiger partial charge is 0.270 e. The second-order valence-electron chi connectivity index (χ2n) is 8.89. The first kappa shape index (κ1) is 22.8. The zero-order valence-corrected chi connectivity index (χ0v) is 19.1. The van der Waals surface area contributed by atoms with E-state index in [-0.39, 0.29) is 17.7 Å². The molecule has 0 spiro atoms. The number of anilines is 2. The number of non-ortho nitro benzene ring substituents is 1. The molecule has 178 valence electrons. The first-order valence-corrected chi connectivity index (χ1v) is 11.6. The fourth-order valence-electron chi connectivity index (χ4n) is 4.57. The van der Waals surface area contributed by atoms with E-state index < -0.39 is 4.92 Å². The summed E-state index contributed by atoms with van der Waals surface area (Å²) in [5, 5.41) is 27.3. The summed E-state index contributed by atoms with van der Waals surface area (Å²) < 4.78 is 0. The molecule has 8 nitrogen and oxygen atoms in total. The van der Waals surface area contributed by atoms with E-state index in [1.54, 1.807) is 6.07 Å². The highest BCUT2D eigenvalue weighted by Crippen LogP contribution is 2.39. The van der Waals surface area contributed by atoms with Gasteiger partial charge in [0.1, 0.15) is 0 Å². The van der Waals surface area contributed by atoms with Crippen LogP contribution < -0.4 is 10.6 Å². The largest absolute Gasteiger partial charge is 0.393 e. The second-order valence-corrected chi connectivity index (χ2v) is 8.89. The number of aliphatic hydroxyl groups excluding tert-OH is 1. The highest BCUT2D eigenvalue weighted by Gasteiger charge is 2.30. The Morgan fingerprint density at radius 2 is 1.77 bits per heavy atom. The summed E-state index contributed by atoms with van der Waals surface area (Å²) in [6.45, 7) is 2.58. The van der Waals surface area contributed by atoms with E-state index in [0.717, 1.165) is 43.7 Å². The van der Waals surface area contributed by atoms with E-state index in [9.17, 15) is 20.0 Å². The average Bonchev–Trinajstić information content (AvgIpc) is 3.20. The van der Waals surface area contributed by atoms with Gasteiger partial charge in [-0.25, -0.2) is 0 Å². The van der Waals surface area contributed by atoms with Gasteiger partial charge in [-0.05, 0) is 42.2 Å². The van der Waals surface area contributed by atoms with Crippen LogP contribution in [0.15, 0.2) is 72.8 Å². The summed E-state index contributed by atoms with van der Waals surface area (Å²) >= 11 is 0. The van der Waals surface area contributed by atoms with E-state index in [1.165, 1.54) is 17.7 Å². The van der Waals surface area contributed by atoms with Crippen LogP contribution in [0.1, 0.15) is 29.5 Å². The molecule has 3 N–H and O–H groups in total. The number of nitrogens with one attached hydrogen (secondary N) is 2. The van der Waals surface area contributed by atoms with E-state index >= 15 is 0 Å². The fourth-order valence-corrected chi connectivity index (χ4v) is 4.57. The number of fused-ring (bicyclic) bond motifs is 1. The van der Waals surface area contributed by atoms with Crippen LogP contribution in [0.5, 0.6) is 0 Å². The third-order valence-electron chi connectivity index (χ3n) is 6.46. The Morgan fingerprint density at radius 3 is 2.46 bits per heavy atom. The third-order valence-corrected chi connectivity index (χ3v) is 6.46. The van der Waals surface area contributed by atoms with Crippen LogP contribution in [-0.2, 0) is 11.3 Å². The number of hydrogen-bond donors (Lipinski definition) is 3. The Balaban J connectivity index is 1.47. The normalized spacial score (nSPS) is 17.6. The molecule has 0 atom stereocenters. The lowest BCUT2D eigenvalue weighted by Gasteiger charge is -2.29. The summed E-state index contributed by atoms with van der Waals surface area (Å²) in [5.41, 5.74) is 4.70. The molecule has 2 aliphatic rings. The molecule has 0 radical (unpaired) electrons. The zero-order chi connectivity index (χ0) is 24.4. The van der Waals surface area contributed by atoms with Crippen LogP contribution >= 0.6 is 0 Å². The van der Waals surface area contributed by atoms with E-state index in [4.69, 9.17) is 0 Å². The minimum atomic E-state index is -0.460. The van der Waals surface area contributed by atoms with Crippen LogP contribution in [0.3, 0.4) is 0 Å². The van der Waals surface area contributed by atoms with Crippen molar-refractivity contribution in [2.45, 2.75) is 25.5 Å². The molecule has 3 aromatic rings. The Labute approximate surface area is 203 Å². The Kier molecular flexibility index (Phi) is 6.31. The van der Waals surface area contributed by atoms with Gasteiger partial charge in [-0.2, -0.15) is 0 Å². The van der Waals surface area contributed by atoms with Crippen LogP contribution in [-0.4, -0.2) is 40.0 Å². The Bertz CT molecular complexity index is 1280. The molecule has 1 amide bonds. The van der Waals surface area contributed by atoms with Gasteiger partial charge in [-0.3, -0.25) is 19.8 Å². The van der Waals surface area contributed by atoms with Crippen molar-refractivity contribution in [1.29, 1.82) is 0 Å². The maximum atomic E-state index is 13.0. The van der Waals surface area contributed by atoms with Crippen molar-refractivity contribution >= 4 is 34.2 Å². The minimum Gasteiger partial charge on any atom is -0.393 e. The number of hydrogen-bond acceptors (Lipinski definition) is 6. The summed E-state index contributed by atoms with van der Waals surface area (Å²) in [6, 6.07) is 21.9. The molecular formula is C27H26N4O4. The first-order valence-electron chi connectivity index (χ1n) is 11.6. The van der Waals surface area contributed by atoms with Gasteiger partial charge >= 0.3 is 0 Å². The van der Waals surface area contributed by atoms with Gasteiger partial charge < -0.3 is 15.7 Å². The predicted molar refractivity (Wildman–Crippen MR) is 136 cm³/mol. The molecule has 0 aromatic heterocycles. The van der Waals surface area contributed by atoms with Crippen molar-refractivity contribution < 1.29 is 14.8 Å². The van der Waals surface area contributed by atoms with Gasteiger partial charge in [-0.15, -0.1) is 0 Å². The van der Waals surface area contributed by atoms with Crippen LogP contribution in [0.4, 0.5) is 17.1 Å². The molecule has 0 bridgehead atoms. The maximum Gasteiger partial charge on any atom is 0.270 e. The summed E-state index contributed by atoms with van der Waals surface area (Å²) in [4.78, 5) is 26.2. The number of piperidine rings is 1. The topological polar surface area (TPSA) is 108 Å². The van der Waals surface area contributed by atoms with Crippen molar-refractivity contribution in [1.82, 2.24) is 4.90 Å². The van der Waals surface area contributed by atoms with Crippen molar-refractivity contribution in [2.24, 2.45) is 0 Å². The van der Waals surface area contributed by atoms with Crippen molar-refractivity contribution in [3.8, 4) is 0 Å². The molecule has 8 heteroatoms. The first-order chi connectivity index (χ1) is 17.0. The molecule has 0 saturated carbocycles. The number of benzene rings is 3. The van der Waals surface area contributed by atoms with Crippen molar-refractivity contribution in [2.75, 3.05) is 23.7 Å². The molecule has 1 fully saturated rings. The number of amides is 1. The lowest BCUT2D eigenvalue weighted by atomic mass is 9.99. The van der Waals surface area contributed by atoms with Crippen molar-refractivity contribution in [3.05, 3.63) is 99.6 Å².